The molecule has 3 aromatic rings. The maximum Gasteiger partial charge on any atom is 0.262 e. The number of carbonyl (C=O) groups is 1. The number of rotatable bonds is 10. The molecule has 0 bridgehead atoms. The van der Waals surface area contributed by atoms with Crippen LogP contribution in [0.15, 0.2) is 38.7 Å². The summed E-state index contributed by atoms with van der Waals surface area (Å²) in [5.74, 6) is 1.93. The lowest BCUT2D eigenvalue weighted by Crippen LogP contribution is -2.23. The highest BCUT2D eigenvalue weighted by Crippen LogP contribution is 2.39. The number of nitrogens with zero attached hydrogens (tertiary/aromatic N) is 4. The highest BCUT2D eigenvalue weighted by molar-refractivity contribution is 7.98. The van der Waals surface area contributed by atoms with E-state index in [0.717, 1.165) is 32.1 Å². The minimum atomic E-state index is -0.295. The van der Waals surface area contributed by atoms with Gasteiger partial charge in [0.25, 0.3) is 5.56 Å². The standard InChI is InChI=1S/C20H23N5O3S/c21-16(26)8-2-1-5-11-25-19(27)14-6-3-4-7-15(14)22-20(25)29-12-17-23-18(28-24-17)13-9-10-13/h3-4,6-7,13H,1-2,5,8-12H2,(H2,21,26). The third-order valence-corrected chi connectivity index (χ3v) is 5.84. The van der Waals surface area contributed by atoms with Gasteiger partial charge >= 0.3 is 0 Å². The zero-order valence-electron chi connectivity index (χ0n) is 16.0. The number of primary amides is 1. The van der Waals surface area contributed by atoms with Gasteiger partial charge in [-0.1, -0.05) is 35.5 Å². The van der Waals surface area contributed by atoms with Gasteiger partial charge in [-0.2, -0.15) is 4.98 Å². The first kappa shape index (κ1) is 19.6. The Labute approximate surface area is 171 Å². The fourth-order valence-corrected chi connectivity index (χ4v) is 4.02. The summed E-state index contributed by atoms with van der Waals surface area (Å²) >= 11 is 1.44. The molecule has 152 valence electrons. The van der Waals surface area contributed by atoms with Gasteiger partial charge in [-0.25, -0.2) is 4.98 Å². The topological polar surface area (TPSA) is 117 Å². The minimum absolute atomic E-state index is 0.0558. The molecule has 1 aliphatic rings. The van der Waals surface area contributed by atoms with E-state index in [9.17, 15) is 9.59 Å². The van der Waals surface area contributed by atoms with Crippen LogP contribution in [0.3, 0.4) is 0 Å². The van der Waals surface area contributed by atoms with Gasteiger partial charge in [0.05, 0.1) is 16.7 Å². The van der Waals surface area contributed by atoms with Gasteiger partial charge in [0.2, 0.25) is 11.8 Å². The van der Waals surface area contributed by atoms with Gasteiger partial charge in [-0.15, -0.1) is 0 Å². The van der Waals surface area contributed by atoms with Crippen molar-refractivity contribution in [3.63, 3.8) is 0 Å². The summed E-state index contributed by atoms with van der Waals surface area (Å²) in [7, 11) is 0. The second-order valence-electron chi connectivity index (χ2n) is 7.26. The molecule has 0 atom stereocenters. The molecule has 2 aromatic heterocycles. The molecule has 29 heavy (non-hydrogen) atoms. The SMILES string of the molecule is NC(=O)CCCCCn1c(SCc2noc(C3CC3)n2)nc2ccccc2c1=O. The number of benzene rings is 1. The van der Waals surface area contributed by atoms with E-state index < -0.39 is 0 Å². The lowest BCUT2D eigenvalue weighted by atomic mass is 10.2. The third-order valence-electron chi connectivity index (χ3n) is 4.87. The first-order valence-corrected chi connectivity index (χ1v) is 10.8. The van der Waals surface area contributed by atoms with Crippen molar-refractivity contribution in [1.29, 1.82) is 0 Å². The predicted molar refractivity (Wildman–Crippen MR) is 109 cm³/mol. The average molecular weight is 414 g/mol. The first-order chi connectivity index (χ1) is 14.1. The van der Waals surface area contributed by atoms with Crippen LogP contribution < -0.4 is 11.3 Å². The van der Waals surface area contributed by atoms with Crippen molar-refractivity contribution in [3.8, 4) is 0 Å². The number of fused-ring (bicyclic) bond motifs is 1. The Bertz CT molecular complexity index is 1070. The first-order valence-electron chi connectivity index (χ1n) is 9.85. The number of para-hydroxylation sites is 1. The number of carbonyl (C=O) groups excluding carboxylic acids is 1. The Hall–Kier alpha value is -2.68. The predicted octanol–water partition coefficient (Wildman–Crippen LogP) is 2.99. The van der Waals surface area contributed by atoms with E-state index in [1.54, 1.807) is 10.6 Å². The van der Waals surface area contributed by atoms with Crippen molar-refractivity contribution < 1.29 is 9.32 Å². The van der Waals surface area contributed by atoms with Gasteiger partial charge in [-0.05, 0) is 37.8 Å². The van der Waals surface area contributed by atoms with Gasteiger partial charge in [0, 0.05) is 18.9 Å². The summed E-state index contributed by atoms with van der Waals surface area (Å²) in [6.45, 7) is 0.539. The van der Waals surface area contributed by atoms with Crippen LogP contribution in [0.5, 0.6) is 0 Å². The summed E-state index contributed by atoms with van der Waals surface area (Å²) in [5.41, 5.74) is 5.81. The van der Waals surface area contributed by atoms with Gasteiger partial charge in [0.15, 0.2) is 11.0 Å². The molecule has 4 rings (SSSR count). The molecule has 9 heteroatoms. The average Bonchev–Trinajstić information content (AvgIpc) is 3.46. The third kappa shape index (κ3) is 4.84. The van der Waals surface area contributed by atoms with Gasteiger partial charge in [-0.3, -0.25) is 14.2 Å². The highest BCUT2D eigenvalue weighted by Gasteiger charge is 2.29. The quantitative estimate of drug-likeness (QED) is 0.308. The summed E-state index contributed by atoms with van der Waals surface area (Å²) in [6, 6.07) is 7.36. The number of thioether (sulfide) groups is 1. The Morgan fingerprint density at radius 1 is 1.21 bits per heavy atom. The number of amides is 1. The van der Waals surface area contributed by atoms with Gasteiger partial charge in [0.1, 0.15) is 0 Å². The molecule has 8 nitrogen and oxygen atoms in total. The molecular weight excluding hydrogens is 390 g/mol. The molecule has 2 N–H and O–H groups in total. The lowest BCUT2D eigenvalue weighted by molar-refractivity contribution is -0.118. The van der Waals surface area contributed by atoms with Gasteiger partial charge < -0.3 is 10.3 Å². The van der Waals surface area contributed by atoms with Crippen LogP contribution in [0.25, 0.3) is 10.9 Å². The molecule has 1 aliphatic carbocycles. The molecule has 1 fully saturated rings. The second kappa shape index (κ2) is 8.77. The molecule has 0 spiro atoms. The minimum Gasteiger partial charge on any atom is -0.370 e. The van der Waals surface area contributed by atoms with Crippen LogP contribution >= 0.6 is 11.8 Å². The Morgan fingerprint density at radius 3 is 2.83 bits per heavy atom. The Kier molecular flexibility index (Phi) is 5.94. The number of nitrogens with two attached hydrogens (primary N) is 1. The van der Waals surface area contributed by atoms with Crippen molar-refractivity contribution in [2.75, 3.05) is 0 Å². The fourth-order valence-electron chi connectivity index (χ4n) is 3.15. The van der Waals surface area contributed by atoms with E-state index in [2.05, 4.69) is 10.1 Å². The van der Waals surface area contributed by atoms with Crippen molar-refractivity contribution in [1.82, 2.24) is 19.7 Å². The normalized spacial score (nSPS) is 13.8. The summed E-state index contributed by atoms with van der Waals surface area (Å²) in [6.07, 6.45) is 4.90. The summed E-state index contributed by atoms with van der Waals surface area (Å²) in [4.78, 5) is 33.1. The summed E-state index contributed by atoms with van der Waals surface area (Å²) < 4.78 is 7.02. The van der Waals surface area contributed by atoms with Crippen molar-refractivity contribution in [3.05, 3.63) is 46.3 Å². The molecule has 1 amide bonds. The Balaban J connectivity index is 1.51. The van der Waals surface area contributed by atoms with E-state index in [1.807, 2.05) is 18.2 Å². The van der Waals surface area contributed by atoms with Crippen LogP contribution in [0.1, 0.15) is 56.2 Å². The van der Waals surface area contributed by atoms with Crippen molar-refractivity contribution in [2.45, 2.75) is 61.9 Å². The second-order valence-corrected chi connectivity index (χ2v) is 8.20. The van der Waals surface area contributed by atoms with E-state index in [4.69, 9.17) is 15.2 Å². The fraction of sp³-hybridized carbons (Fsp3) is 0.450. The molecule has 1 aromatic carbocycles. The zero-order chi connectivity index (χ0) is 20.2. The van der Waals surface area contributed by atoms with E-state index >= 15 is 0 Å². The van der Waals surface area contributed by atoms with Crippen molar-refractivity contribution >= 4 is 28.6 Å². The lowest BCUT2D eigenvalue weighted by Gasteiger charge is -2.12. The van der Waals surface area contributed by atoms with Crippen LogP contribution in [0.4, 0.5) is 0 Å². The molecule has 0 saturated heterocycles. The Morgan fingerprint density at radius 2 is 2.03 bits per heavy atom. The molecule has 1 saturated carbocycles. The van der Waals surface area contributed by atoms with Crippen molar-refractivity contribution in [2.24, 2.45) is 5.73 Å². The molecule has 0 aliphatic heterocycles. The maximum atomic E-state index is 13.0. The number of hydrogen-bond donors (Lipinski definition) is 1. The molecule has 0 unspecified atom stereocenters. The summed E-state index contributed by atoms with van der Waals surface area (Å²) in [5, 5.41) is 5.29. The van der Waals surface area contributed by atoms with E-state index in [0.29, 0.717) is 52.4 Å². The largest absolute Gasteiger partial charge is 0.370 e. The van der Waals surface area contributed by atoms with Crippen LogP contribution in [0.2, 0.25) is 0 Å². The smallest absolute Gasteiger partial charge is 0.262 e. The maximum absolute atomic E-state index is 13.0. The number of unbranched alkanes of at least 4 members (excludes halogenated alkanes) is 2. The van der Waals surface area contributed by atoms with Crippen LogP contribution in [0, 0.1) is 0 Å². The monoisotopic (exact) mass is 413 g/mol. The molecular formula is C20H23N5O3S. The highest BCUT2D eigenvalue weighted by atomic mass is 32.2. The van der Waals surface area contributed by atoms with E-state index in [-0.39, 0.29) is 11.5 Å². The number of hydrogen-bond acceptors (Lipinski definition) is 7. The zero-order valence-corrected chi connectivity index (χ0v) is 16.9. The number of aromatic nitrogens is 4. The van der Waals surface area contributed by atoms with E-state index in [1.165, 1.54) is 11.8 Å². The van der Waals surface area contributed by atoms with Crippen LogP contribution in [-0.4, -0.2) is 25.6 Å². The molecule has 0 radical (unpaired) electrons. The molecule has 2 heterocycles. The van der Waals surface area contributed by atoms with Crippen LogP contribution in [-0.2, 0) is 17.1 Å².